The molecule has 2 aromatic heterocycles. The highest BCUT2D eigenvalue weighted by Crippen LogP contribution is 2.11. The van der Waals surface area contributed by atoms with Gasteiger partial charge in [-0.1, -0.05) is 19.0 Å². The summed E-state index contributed by atoms with van der Waals surface area (Å²) in [4.78, 5) is 22.6. The van der Waals surface area contributed by atoms with E-state index in [1.54, 1.807) is 18.3 Å². The van der Waals surface area contributed by atoms with Crippen LogP contribution in [0.4, 0.5) is 5.82 Å². The lowest BCUT2D eigenvalue weighted by atomic mass is 10.2. The first-order valence-electron chi connectivity index (χ1n) is 7.91. The normalized spacial score (nSPS) is 11.1. The Morgan fingerprint density at radius 3 is 2.71 bits per heavy atom. The molecule has 2 rings (SSSR count). The molecule has 8 heteroatoms. The predicted octanol–water partition coefficient (Wildman–Crippen LogP) is 1.49. The summed E-state index contributed by atoms with van der Waals surface area (Å²) in [7, 11) is 4.02. The van der Waals surface area contributed by atoms with Gasteiger partial charge in [0.25, 0.3) is 5.91 Å². The third-order valence-corrected chi connectivity index (χ3v) is 3.28. The molecule has 0 saturated heterocycles. The summed E-state index contributed by atoms with van der Waals surface area (Å²) >= 11 is 0. The molecule has 2 aromatic rings. The predicted molar refractivity (Wildman–Crippen MR) is 90.8 cm³/mol. The standard InChI is InChI=1S/C16H24N6O2/c1-11(2)16-20-14(21-24-16)10-19-15(23)12-5-6-13(18-9-12)17-7-8-22(3)4/h5-6,9,11H,7-8,10H2,1-4H3,(H,17,18)(H,19,23). The van der Waals surface area contributed by atoms with Crippen molar-refractivity contribution in [1.29, 1.82) is 0 Å². The molecule has 2 N–H and O–H groups in total. The van der Waals surface area contributed by atoms with Crippen molar-refractivity contribution in [3.63, 3.8) is 0 Å². The van der Waals surface area contributed by atoms with Gasteiger partial charge in [-0.25, -0.2) is 4.98 Å². The molecule has 0 aliphatic rings. The molecule has 0 saturated carbocycles. The first-order chi connectivity index (χ1) is 11.5. The first kappa shape index (κ1) is 17.9. The van der Waals surface area contributed by atoms with Crippen molar-refractivity contribution in [1.82, 2.24) is 25.3 Å². The Hall–Kier alpha value is -2.48. The summed E-state index contributed by atoms with van der Waals surface area (Å²) < 4.78 is 5.10. The van der Waals surface area contributed by atoms with Gasteiger partial charge in [0.1, 0.15) is 5.82 Å². The van der Waals surface area contributed by atoms with Gasteiger partial charge in [-0.05, 0) is 26.2 Å². The second kappa shape index (κ2) is 8.39. The quantitative estimate of drug-likeness (QED) is 0.756. The fourth-order valence-corrected chi connectivity index (χ4v) is 1.88. The molecule has 0 bridgehead atoms. The number of aromatic nitrogens is 3. The number of nitrogens with zero attached hydrogens (tertiary/aromatic N) is 4. The maximum absolute atomic E-state index is 12.1. The van der Waals surface area contributed by atoms with Crippen molar-refractivity contribution in [2.45, 2.75) is 26.3 Å². The Morgan fingerprint density at radius 2 is 2.12 bits per heavy atom. The number of rotatable bonds is 8. The Bertz CT molecular complexity index is 651. The SMILES string of the molecule is CC(C)c1nc(CNC(=O)c2ccc(NCCN(C)C)nc2)no1. The van der Waals surface area contributed by atoms with E-state index in [9.17, 15) is 4.79 Å². The average molecular weight is 332 g/mol. The summed E-state index contributed by atoms with van der Waals surface area (Å²) in [6, 6.07) is 3.52. The number of nitrogens with one attached hydrogen (secondary N) is 2. The van der Waals surface area contributed by atoms with Gasteiger partial charge in [0.2, 0.25) is 5.89 Å². The molecular weight excluding hydrogens is 308 g/mol. The number of likely N-dealkylation sites (N-methyl/N-ethyl adjacent to an activating group) is 1. The van der Waals surface area contributed by atoms with Crippen molar-refractivity contribution < 1.29 is 9.32 Å². The van der Waals surface area contributed by atoms with E-state index in [0.717, 1.165) is 18.9 Å². The van der Waals surface area contributed by atoms with Crippen LogP contribution in [-0.4, -0.2) is 53.1 Å². The first-order valence-corrected chi connectivity index (χ1v) is 7.91. The van der Waals surface area contributed by atoms with Crippen LogP contribution < -0.4 is 10.6 Å². The fraction of sp³-hybridized carbons (Fsp3) is 0.500. The number of hydrogen-bond donors (Lipinski definition) is 2. The summed E-state index contributed by atoms with van der Waals surface area (Å²) in [6.07, 6.45) is 1.54. The van der Waals surface area contributed by atoms with E-state index in [4.69, 9.17) is 4.52 Å². The minimum absolute atomic E-state index is 0.165. The van der Waals surface area contributed by atoms with Crippen molar-refractivity contribution in [3.05, 3.63) is 35.6 Å². The summed E-state index contributed by atoms with van der Waals surface area (Å²) in [5, 5.41) is 9.79. The van der Waals surface area contributed by atoms with Crippen LogP contribution >= 0.6 is 0 Å². The number of anilines is 1. The second-order valence-corrected chi connectivity index (χ2v) is 6.05. The number of pyridine rings is 1. The molecule has 0 aliphatic carbocycles. The number of carbonyl (C=O) groups excluding carboxylic acids is 1. The molecule has 0 aliphatic heterocycles. The van der Waals surface area contributed by atoms with Crippen LogP contribution in [0.25, 0.3) is 0 Å². The molecule has 8 nitrogen and oxygen atoms in total. The van der Waals surface area contributed by atoms with Gasteiger partial charge in [0, 0.05) is 25.2 Å². The Kier molecular flexibility index (Phi) is 6.25. The van der Waals surface area contributed by atoms with Gasteiger partial charge in [-0.2, -0.15) is 4.98 Å². The minimum atomic E-state index is -0.224. The lowest BCUT2D eigenvalue weighted by molar-refractivity contribution is 0.0949. The molecule has 0 radical (unpaired) electrons. The molecule has 0 fully saturated rings. The zero-order valence-electron chi connectivity index (χ0n) is 14.5. The second-order valence-electron chi connectivity index (χ2n) is 6.05. The maximum atomic E-state index is 12.1. The summed E-state index contributed by atoms with van der Waals surface area (Å²) in [5.74, 6) is 1.71. The average Bonchev–Trinajstić information content (AvgIpc) is 3.02. The van der Waals surface area contributed by atoms with Gasteiger partial charge < -0.3 is 20.1 Å². The third kappa shape index (κ3) is 5.31. The van der Waals surface area contributed by atoms with E-state index in [0.29, 0.717) is 17.3 Å². The smallest absolute Gasteiger partial charge is 0.253 e. The lowest BCUT2D eigenvalue weighted by Gasteiger charge is -2.11. The Balaban J connectivity index is 1.83. The van der Waals surface area contributed by atoms with Crippen LogP contribution in [0.15, 0.2) is 22.9 Å². The van der Waals surface area contributed by atoms with Gasteiger partial charge in [-0.15, -0.1) is 0 Å². The van der Waals surface area contributed by atoms with Crippen LogP contribution in [0.1, 0.15) is 41.8 Å². The van der Waals surface area contributed by atoms with Crippen LogP contribution in [0.3, 0.4) is 0 Å². The van der Waals surface area contributed by atoms with E-state index in [-0.39, 0.29) is 18.4 Å². The monoisotopic (exact) mass is 332 g/mol. The van der Waals surface area contributed by atoms with Crippen LogP contribution in [0, 0.1) is 0 Å². The van der Waals surface area contributed by atoms with E-state index >= 15 is 0 Å². The zero-order chi connectivity index (χ0) is 17.5. The van der Waals surface area contributed by atoms with E-state index in [1.807, 2.05) is 27.9 Å². The van der Waals surface area contributed by atoms with E-state index < -0.39 is 0 Å². The highest BCUT2D eigenvalue weighted by molar-refractivity contribution is 5.93. The fourth-order valence-electron chi connectivity index (χ4n) is 1.88. The molecular formula is C16H24N6O2. The van der Waals surface area contributed by atoms with Gasteiger partial charge in [0.05, 0.1) is 12.1 Å². The third-order valence-electron chi connectivity index (χ3n) is 3.28. The number of amides is 1. The molecule has 24 heavy (non-hydrogen) atoms. The van der Waals surface area contributed by atoms with Crippen LogP contribution in [0.5, 0.6) is 0 Å². The Morgan fingerprint density at radius 1 is 1.33 bits per heavy atom. The summed E-state index contributed by atoms with van der Waals surface area (Å²) in [6.45, 7) is 5.86. The van der Waals surface area contributed by atoms with Crippen molar-refractivity contribution in [3.8, 4) is 0 Å². The van der Waals surface area contributed by atoms with Crippen LogP contribution in [-0.2, 0) is 6.54 Å². The highest BCUT2D eigenvalue weighted by atomic mass is 16.5. The summed E-state index contributed by atoms with van der Waals surface area (Å²) in [5.41, 5.74) is 0.487. The van der Waals surface area contributed by atoms with Gasteiger partial charge in [0.15, 0.2) is 5.82 Å². The number of hydrogen-bond acceptors (Lipinski definition) is 7. The van der Waals surface area contributed by atoms with E-state index in [1.165, 1.54) is 0 Å². The molecule has 130 valence electrons. The highest BCUT2D eigenvalue weighted by Gasteiger charge is 2.11. The molecule has 0 atom stereocenters. The molecule has 2 heterocycles. The maximum Gasteiger partial charge on any atom is 0.253 e. The number of carbonyl (C=O) groups is 1. The van der Waals surface area contributed by atoms with E-state index in [2.05, 4.69) is 30.7 Å². The molecule has 0 unspecified atom stereocenters. The van der Waals surface area contributed by atoms with Crippen molar-refractivity contribution in [2.75, 3.05) is 32.5 Å². The van der Waals surface area contributed by atoms with Crippen LogP contribution in [0.2, 0.25) is 0 Å². The van der Waals surface area contributed by atoms with Crippen molar-refractivity contribution >= 4 is 11.7 Å². The van der Waals surface area contributed by atoms with Gasteiger partial charge >= 0.3 is 0 Å². The minimum Gasteiger partial charge on any atom is -0.369 e. The van der Waals surface area contributed by atoms with Crippen molar-refractivity contribution in [2.24, 2.45) is 0 Å². The molecule has 0 spiro atoms. The lowest BCUT2D eigenvalue weighted by Crippen LogP contribution is -2.24. The molecule has 1 amide bonds. The molecule has 0 aromatic carbocycles. The Labute approximate surface area is 141 Å². The van der Waals surface area contributed by atoms with Gasteiger partial charge in [-0.3, -0.25) is 4.79 Å². The largest absolute Gasteiger partial charge is 0.369 e. The zero-order valence-corrected chi connectivity index (χ0v) is 14.5. The topological polar surface area (TPSA) is 96.2 Å².